The van der Waals surface area contributed by atoms with E-state index in [0.29, 0.717) is 29.8 Å². The highest BCUT2D eigenvalue weighted by Gasteiger charge is 2.18. The molecule has 0 spiro atoms. The average Bonchev–Trinajstić information content (AvgIpc) is 3.36. The quantitative estimate of drug-likeness (QED) is 0.533. The zero-order valence-corrected chi connectivity index (χ0v) is 16.2. The van der Waals surface area contributed by atoms with Crippen LogP contribution in [-0.2, 0) is 16.1 Å². The average molecular weight is 399 g/mol. The molecule has 0 saturated carbocycles. The number of carbonyl (C=O) groups excluding carboxylic acids is 2. The van der Waals surface area contributed by atoms with Gasteiger partial charge in [-0.15, -0.1) is 10.2 Å². The maximum absolute atomic E-state index is 12.0. The molecule has 2 aromatic heterocycles. The van der Waals surface area contributed by atoms with E-state index in [-0.39, 0.29) is 24.1 Å². The maximum atomic E-state index is 12.0. The molecule has 1 aromatic carbocycles. The lowest BCUT2D eigenvalue weighted by Gasteiger charge is -2.09. The lowest BCUT2D eigenvalue weighted by Crippen LogP contribution is -2.37. The highest BCUT2D eigenvalue weighted by molar-refractivity contribution is 7.99. The number of furan rings is 1. The van der Waals surface area contributed by atoms with Crippen LogP contribution in [0, 0.1) is 0 Å². The van der Waals surface area contributed by atoms with Gasteiger partial charge < -0.3 is 15.1 Å². The van der Waals surface area contributed by atoms with Crippen molar-refractivity contribution in [1.82, 2.24) is 25.4 Å². The summed E-state index contributed by atoms with van der Waals surface area (Å²) in [6.07, 6.45) is 1.58. The number of nitrogens with one attached hydrogen (secondary N) is 2. The molecule has 2 N–H and O–H groups in total. The van der Waals surface area contributed by atoms with E-state index in [9.17, 15) is 9.59 Å². The first kappa shape index (κ1) is 19.7. The molecule has 0 bridgehead atoms. The Balaban J connectivity index is 1.70. The fraction of sp³-hybridized carbons (Fsp3) is 0.263. The summed E-state index contributed by atoms with van der Waals surface area (Å²) in [6, 6.07) is 13.5. The second kappa shape index (κ2) is 9.75. The molecule has 0 atom stereocenters. The van der Waals surface area contributed by atoms with E-state index in [1.54, 1.807) is 12.3 Å². The molecule has 0 unspecified atom stereocenters. The second-order valence-electron chi connectivity index (χ2n) is 5.87. The molecule has 0 radical (unpaired) electrons. The summed E-state index contributed by atoms with van der Waals surface area (Å²) >= 11 is 1.26. The molecule has 0 aliphatic heterocycles. The first-order valence-electron chi connectivity index (χ1n) is 8.84. The summed E-state index contributed by atoms with van der Waals surface area (Å²) < 4.78 is 7.38. The number of aromatic nitrogens is 3. The van der Waals surface area contributed by atoms with Crippen LogP contribution in [0.5, 0.6) is 0 Å². The van der Waals surface area contributed by atoms with Crippen molar-refractivity contribution >= 4 is 23.6 Å². The largest absolute Gasteiger partial charge is 0.461 e. The molecule has 2 heterocycles. The van der Waals surface area contributed by atoms with Crippen LogP contribution in [0.3, 0.4) is 0 Å². The predicted molar refractivity (Wildman–Crippen MR) is 106 cm³/mol. The summed E-state index contributed by atoms with van der Waals surface area (Å²) in [4.78, 5) is 23.5. The second-order valence-corrected chi connectivity index (χ2v) is 6.82. The van der Waals surface area contributed by atoms with E-state index < -0.39 is 0 Å². The number of benzene rings is 1. The Morgan fingerprint density at radius 1 is 1.07 bits per heavy atom. The predicted octanol–water partition coefficient (Wildman–Crippen LogP) is 1.93. The lowest BCUT2D eigenvalue weighted by atomic mass is 10.2. The SMILES string of the molecule is CCNC(=O)CNC(=O)CSc1nnc(-c2ccco2)n1Cc1ccccc1. The molecule has 2 amide bonds. The van der Waals surface area contributed by atoms with Crippen LogP contribution in [0.1, 0.15) is 12.5 Å². The third-order valence-corrected chi connectivity index (χ3v) is 4.76. The zero-order valence-electron chi connectivity index (χ0n) is 15.4. The van der Waals surface area contributed by atoms with Crippen molar-refractivity contribution in [1.29, 1.82) is 0 Å². The van der Waals surface area contributed by atoms with Gasteiger partial charge in [-0.1, -0.05) is 42.1 Å². The molecule has 0 aliphatic rings. The van der Waals surface area contributed by atoms with Crippen molar-refractivity contribution in [3.8, 4) is 11.6 Å². The van der Waals surface area contributed by atoms with Crippen LogP contribution in [0.15, 0.2) is 58.3 Å². The van der Waals surface area contributed by atoms with Gasteiger partial charge in [-0.05, 0) is 24.6 Å². The molecule has 0 saturated heterocycles. The molecule has 8 nitrogen and oxygen atoms in total. The molecule has 146 valence electrons. The van der Waals surface area contributed by atoms with Crippen LogP contribution >= 0.6 is 11.8 Å². The van der Waals surface area contributed by atoms with E-state index in [1.807, 2.05) is 47.9 Å². The normalized spacial score (nSPS) is 10.6. The Kier molecular flexibility index (Phi) is 6.85. The molecule has 9 heteroatoms. The van der Waals surface area contributed by atoms with Crippen molar-refractivity contribution in [2.75, 3.05) is 18.8 Å². The Bertz CT molecular complexity index is 909. The first-order valence-corrected chi connectivity index (χ1v) is 9.83. The number of hydrogen-bond donors (Lipinski definition) is 2. The monoisotopic (exact) mass is 399 g/mol. The number of nitrogens with zero attached hydrogens (tertiary/aromatic N) is 3. The van der Waals surface area contributed by atoms with Gasteiger partial charge in [0, 0.05) is 6.54 Å². The number of rotatable bonds is 9. The van der Waals surface area contributed by atoms with Crippen LogP contribution in [0.25, 0.3) is 11.6 Å². The molecular weight excluding hydrogens is 378 g/mol. The summed E-state index contributed by atoms with van der Waals surface area (Å²) in [6.45, 7) is 2.86. The van der Waals surface area contributed by atoms with Crippen LogP contribution in [0.2, 0.25) is 0 Å². The van der Waals surface area contributed by atoms with E-state index in [1.165, 1.54) is 11.8 Å². The maximum Gasteiger partial charge on any atom is 0.239 e. The first-order chi connectivity index (χ1) is 13.7. The van der Waals surface area contributed by atoms with Gasteiger partial charge in [0.15, 0.2) is 10.9 Å². The zero-order chi connectivity index (χ0) is 19.8. The molecule has 0 fully saturated rings. The topological polar surface area (TPSA) is 102 Å². The van der Waals surface area contributed by atoms with Gasteiger partial charge in [0.2, 0.25) is 17.6 Å². The van der Waals surface area contributed by atoms with Crippen molar-refractivity contribution < 1.29 is 14.0 Å². The Hall–Kier alpha value is -3.07. The summed E-state index contributed by atoms with van der Waals surface area (Å²) in [5.41, 5.74) is 1.08. The Morgan fingerprint density at radius 3 is 2.61 bits per heavy atom. The van der Waals surface area contributed by atoms with Crippen LogP contribution < -0.4 is 10.6 Å². The van der Waals surface area contributed by atoms with Crippen molar-refractivity contribution in [3.05, 3.63) is 54.3 Å². The fourth-order valence-corrected chi connectivity index (χ4v) is 3.28. The number of amides is 2. The van der Waals surface area contributed by atoms with Crippen LogP contribution in [-0.4, -0.2) is 45.4 Å². The van der Waals surface area contributed by atoms with Gasteiger partial charge >= 0.3 is 0 Å². The fourth-order valence-electron chi connectivity index (χ4n) is 2.51. The van der Waals surface area contributed by atoms with Crippen molar-refractivity contribution in [2.45, 2.75) is 18.6 Å². The molecule has 3 rings (SSSR count). The standard InChI is InChI=1S/C19H21N5O3S/c1-2-20-16(25)11-21-17(26)13-28-19-23-22-18(15-9-6-10-27-15)24(19)12-14-7-4-3-5-8-14/h3-10H,2,11-13H2,1H3,(H,20,25)(H,21,26). The molecule has 0 aliphatic carbocycles. The molecule has 3 aromatic rings. The highest BCUT2D eigenvalue weighted by atomic mass is 32.2. The summed E-state index contributed by atoms with van der Waals surface area (Å²) in [5.74, 6) is 0.873. The van der Waals surface area contributed by atoms with E-state index in [4.69, 9.17) is 4.42 Å². The number of carbonyl (C=O) groups is 2. The minimum atomic E-state index is -0.245. The third kappa shape index (κ3) is 5.23. The summed E-state index contributed by atoms with van der Waals surface area (Å²) in [7, 11) is 0. The smallest absolute Gasteiger partial charge is 0.239 e. The summed E-state index contributed by atoms with van der Waals surface area (Å²) in [5, 5.41) is 14.3. The van der Waals surface area contributed by atoms with E-state index in [0.717, 1.165) is 5.56 Å². The van der Waals surface area contributed by atoms with Gasteiger partial charge in [0.1, 0.15) is 0 Å². The minimum absolute atomic E-state index is 0.0401. The van der Waals surface area contributed by atoms with Gasteiger partial charge in [-0.3, -0.25) is 14.2 Å². The van der Waals surface area contributed by atoms with Crippen molar-refractivity contribution in [2.24, 2.45) is 0 Å². The lowest BCUT2D eigenvalue weighted by molar-refractivity contribution is -0.124. The third-order valence-electron chi connectivity index (χ3n) is 3.79. The number of thioether (sulfide) groups is 1. The van der Waals surface area contributed by atoms with Gasteiger partial charge in [-0.25, -0.2) is 0 Å². The van der Waals surface area contributed by atoms with Crippen molar-refractivity contribution in [3.63, 3.8) is 0 Å². The highest BCUT2D eigenvalue weighted by Crippen LogP contribution is 2.25. The number of hydrogen-bond acceptors (Lipinski definition) is 6. The van der Waals surface area contributed by atoms with Crippen LogP contribution in [0.4, 0.5) is 0 Å². The minimum Gasteiger partial charge on any atom is -0.461 e. The van der Waals surface area contributed by atoms with Gasteiger partial charge in [0.25, 0.3) is 0 Å². The van der Waals surface area contributed by atoms with Gasteiger partial charge in [-0.2, -0.15) is 0 Å². The van der Waals surface area contributed by atoms with E-state index in [2.05, 4.69) is 20.8 Å². The van der Waals surface area contributed by atoms with Gasteiger partial charge in [0.05, 0.1) is 25.1 Å². The molecular formula is C19H21N5O3S. The van der Waals surface area contributed by atoms with E-state index >= 15 is 0 Å². The Morgan fingerprint density at radius 2 is 1.89 bits per heavy atom. The Labute approximate surface area is 166 Å². The molecule has 28 heavy (non-hydrogen) atoms. The number of likely N-dealkylation sites (N-methyl/N-ethyl adjacent to an activating group) is 1.